The highest BCUT2D eigenvalue weighted by atomic mass is 16.2. The molecule has 0 bridgehead atoms. The van der Waals surface area contributed by atoms with Gasteiger partial charge in [0.05, 0.1) is 0 Å². The van der Waals surface area contributed by atoms with Crippen molar-refractivity contribution in [2.75, 3.05) is 0 Å². The fourth-order valence-electron chi connectivity index (χ4n) is 1.82. The summed E-state index contributed by atoms with van der Waals surface area (Å²) in [6, 6.07) is 0. The third-order valence-electron chi connectivity index (χ3n) is 2.58. The number of imidazole rings is 2. The van der Waals surface area contributed by atoms with Crippen LogP contribution in [0.15, 0.2) is 15.8 Å². The van der Waals surface area contributed by atoms with Crippen molar-refractivity contribution in [1.82, 2.24) is 23.9 Å². The van der Waals surface area contributed by atoms with Crippen LogP contribution in [0.25, 0.3) is 16.9 Å². The molecule has 0 radical (unpaired) electrons. The van der Waals surface area contributed by atoms with Gasteiger partial charge in [0.2, 0.25) is 5.78 Å². The Morgan fingerprint density at radius 3 is 2.81 bits per heavy atom. The number of rotatable bonds is 0. The molecule has 0 saturated heterocycles. The zero-order valence-electron chi connectivity index (χ0n) is 8.74. The summed E-state index contributed by atoms with van der Waals surface area (Å²) in [4.78, 5) is 32.5. The minimum absolute atomic E-state index is 0.375. The molecule has 0 aliphatic carbocycles. The van der Waals surface area contributed by atoms with Crippen molar-refractivity contribution in [1.29, 1.82) is 0 Å². The SMILES string of the molecule is Cc1cn2c(nc3c2c(=O)[nH]c(=O)n3C)[nH]1. The lowest BCUT2D eigenvalue weighted by Gasteiger charge is -1.96. The second-order valence-corrected chi connectivity index (χ2v) is 3.73. The van der Waals surface area contributed by atoms with Crippen molar-refractivity contribution in [3.05, 3.63) is 32.7 Å². The van der Waals surface area contributed by atoms with E-state index in [0.717, 1.165) is 5.69 Å². The van der Waals surface area contributed by atoms with Crippen molar-refractivity contribution < 1.29 is 0 Å². The summed E-state index contributed by atoms with van der Waals surface area (Å²) >= 11 is 0. The summed E-state index contributed by atoms with van der Waals surface area (Å²) in [5.41, 5.74) is 0.763. The van der Waals surface area contributed by atoms with Crippen molar-refractivity contribution in [3.63, 3.8) is 0 Å². The van der Waals surface area contributed by atoms with E-state index in [1.807, 2.05) is 6.92 Å². The summed E-state index contributed by atoms with van der Waals surface area (Å²) in [6.45, 7) is 1.87. The van der Waals surface area contributed by atoms with Gasteiger partial charge in [-0.25, -0.2) is 4.79 Å². The molecule has 0 aromatic carbocycles. The molecule has 3 heterocycles. The Balaban J connectivity index is 2.71. The van der Waals surface area contributed by atoms with E-state index in [0.29, 0.717) is 16.9 Å². The molecule has 7 heteroatoms. The number of aromatic nitrogens is 5. The first-order chi connectivity index (χ1) is 7.58. The number of aryl methyl sites for hydroxylation is 2. The molecule has 2 N–H and O–H groups in total. The Morgan fingerprint density at radius 2 is 2.06 bits per heavy atom. The minimum atomic E-state index is -0.463. The monoisotopic (exact) mass is 219 g/mol. The molecule has 0 unspecified atom stereocenters. The molecule has 0 spiro atoms. The molecule has 7 nitrogen and oxygen atoms in total. The van der Waals surface area contributed by atoms with Gasteiger partial charge in [-0.1, -0.05) is 0 Å². The fourth-order valence-corrected chi connectivity index (χ4v) is 1.82. The molecule has 82 valence electrons. The summed E-state index contributed by atoms with van der Waals surface area (Å²) in [6.07, 6.45) is 1.77. The molecular formula is C9H9N5O2. The van der Waals surface area contributed by atoms with Gasteiger partial charge in [0, 0.05) is 18.9 Å². The molecule has 0 saturated carbocycles. The number of H-pyrrole nitrogens is 2. The lowest BCUT2D eigenvalue weighted by atomic mass is 10.5. The van der Waals surface area contributed by atoms with Crippen LogP contribution in [0, 0.1) is 6.92 Å². The second kappa shape index (κ2) is 2.63. The average molecular weight is 219 g/mol. The van der Waals surface area contributed by atoms with Crippen LogP contribution in [0.1, 0.15) is 5.69 Å². The van der Waals surface area contributed by atoms with Gasteiger partial charge in [-0.3, -0.25) is 18.7 Å². The van der Waals surface area contributed by atoms with E-state index in [4.69, 9.17) is 0 Å². The Kier molecular flexibility index (Phi) is 1.47. The van der Waals surface area contributed by atoms with Crippen molar-refractivity contribution in [2.24, 2.45) is 7.05 Å². The predicted octanol–water partition coefficient (Wildman–Crippen LogP) is -0.489. The molecular weight excluding hydrogens is 210 g/mol. The van der Waals surface area contributed by atoms with E-state index >= 15 is 0 Å². The summed E-state index contributed by atoms with van der Waals surface area (Å²) < 4.78 is 2.95. The van der Waals surface area contributed by atoms with Crippen molar-refractivity contribution >= 4 is 16.9 Å². The molecule has 0 fully saturated rings. The van der Waals surface area contributed by atoms with Gasteiger partial charge in [0.25, 0.3) is 5.56 Å². The molecule has 3 rings (SSSR count). The van der Waals surface area contributed by atoms with E-state index < -0.39 is 11.2 Å². The Morgan fingerprint density at radius 1 is 1.31 bits per heavy atom. The number of fused-ring (bicyclic) bond motifs is 3. The summed E-state index contributed by atoms with van der Waals surface area (Å²) in [5, 5.41) is 0. The zero-order chi connectivity index (χ0) is 11.4. The Bertz CT molecular complexity index is 816. The van der Waals surface area contributed by atoms with Gasteiger partial charge in [-0.05, 0) is 6.92 Å². The van der Waals surface area contributed by atoms with E-state index in [2.05, 4.69) is 15.0 Å². The highest BCUT2D eigenvalue weighted by molar-refractivity contribution is 5.75. The lowest BCUT2D eigenvalue weighted by molar-refractivity contribution is 0.831. The third kappa shape index (κ3) is 0.940. The third-order valence-corrected chi connectivity index (χ3v) is 2.58. The Labute approximate surface area is 88.4 Å². The van der Waals surface area contributed by atoms with Gasteiger partial charge in [0.1, 0.15) is 0 Å². The molecule has 0 aliphatic heterocycles. The van der Waals surface area contributed by atoms with E-state index in [1.54, 1.807) is 17.6 Å². The first-order valence-electron chi connectivity index (χ1n) is 4.74. The van der Waals surface area contributed by atoms with Crippen LogP contribution in [0.2, 0.25) is 0 Å². The Hall–Kier alpha value is -2.31. The first-order valence-corrected chi connectivity index (χ1v) is 4.74. The number of nitrogens with one attached hydrogen (secondary N) is 2. The largest absolute Gasteiger partial charge is 0.329 e. The van der Waals surface area contributed by atoms with Crippen molar-refractivity contribution in [3.8, 4) is 0 Å². The van der Waals surface area contributed by atoms with E-state index in [1.165, 1.54) is 4.57 Å². The fraction of sp³-hybridized carbons (Fsp3) is 0.222. The number of hydrogen-bond donors (Lipinski definition) is 2. The maximum atomic E-state index is 11.7. The number of hydrogen-bond acceptors (Lipinski definition) is 3. The summed E-state index contributed by atoms with van der Waals surface area (Å²) in [7, 11) is 1.57. The first kappa shape index (κ1) is 8.96. The standard InChI is InChI=1S/C9H9N5O2/c1-4-3-14-5-6(11-8(14)10-4)13(2)9(16)12-7(5)15/h3H,1-2H3,(H,10,11)(H,12,15,16). The minimum Gasteiger partial charge on any atom is -0.328 e. The van der Waals surface area contributed by atoms with Gasteiger partial charge < -0.3 is 4.98 Å². The summed E-state index contributed by atoms with van der Waals surface area (Å²) in [5.74, 6) is 0.555. The topological polar surface area (TPSA) is 87.9 Å². The average Bonchev–Trinajstić information content (AvgIpc) is 2.69. The molecule has 0 amide bonds. The molecule has 16 heavy (non-hydrogen) atoms. The van der Waals surface area contributed by atoms with Crippen LogP contribution >= 0.6 is 0 Å². The maximum Gasteiger partial charge on any atom is 0.329 e. The van der Waals surface area contributed by atoms with Crippen LogP contribution in [-0.4, -0.2) is 23.9 Å². The molecule has 0 aliphatic rings. The van der Waals surface area contributed by atoms with Gasteiger partial charge in [-0.15, -0.1) is 0 Å². The normalized spacial score (nSPS) is 11.6. The van der Waals surface area contributed by atoms with Gasteiger partial charge in [0.15, 0.2) is 11.2 Å². The van der Waals surface area contributed by atoms with Crippen molar-refractivity contribution in [2.45, 2.75) is 6.92 Å². The van der Waals surface area contributed by atoms with Crippen LogP contribution < -0.4 is 11.2 Å². The maximum absolute atomic E-state index is 11.7. The van der Waals surface area contributed by atoms with Crippen LogP contribution in [0.3, 0.4) is 0 Å². The quantitative estimate of drug-likeness (QED) is 0.534. The van der Waals surface area contributed by atoms with E-state index in [9.17, 15) is 9.59 Å². The van der Waals surface area contributed by atoms with Crippen LogP contribution in [-0.2, 0) is 7.05 Å². The van der Waals surface area contributed by atoms with Crippen LogP contribution in [0.5, 0.6) is 0 Å². The molecule has 0 atom stereocenters. The number of nitrogens with zero attached hydrogens (tertiary/aromatic N) is 3. The molecule has 3 aromatic rings. The van der Waals surface area contributed by atoms with Crippen LogP contribution in [0.4, 0.5) is 0 Å². The predicted molar refractivity (Wildman–Crippen MR) is 57.6 cm³/mol. The smallest absolute Gasteiger partial charge is 0.328 e. The van der Waals surface area contributed by atoms with E-state index in [-0.39, 0.29) is 0 Å². The van der Waals surface area contributed by atoms with Gasteiger partial charge in [-0.2, -0.15) is 4.98 Å². The zero-order valence-corrected chi connectivity index (χ0v) is 8.74. The highest BCUT2D eigenvalue weighted by Crippen LogP contribution is 2.10. The second-order valence-electron chi connectivity index (χ2n) is 3.73. The molecule has 3 aromatic heterocycles. The van der Waals surface area contributed by atoms with Gasteiger partial charge >= 0.3 is 5.69 Å². The highest BCUT2D eigenvalue weighted by Gasteiger charge is 2.13. The lowest BCUT2D eigenvalue weighted by Crippen LogP contribution is -2.28. The number of aromatic amines is 2.